The second-order valence-corrected chi connectivity index (χ2v) is 9.58. The molecule has 1 saturated heterocycles. The molecular weight excluding hydrogens is 489 g/mol. The van der Waals surface area contributed by atoms with E-state index in [0.29, 0.717) is 55.3 Å². The lowest BCUT2D eigenvalue weighted by atomic mass is 9.86. The summed E-state index contributed by atoms with van der Waals surface area (Å²) in [6.45, 7) is -2.37. The van der Waals surface area contributed by atoms with E-state index >= 15 is 0 Å². The number of hydrogen-bond acceptors (Lipinski definition) is 5. The van der Waals surface area contributed by atoms with Crippen molar-refractivity contribution in [3.63, 3.8) is 0 Å². The molecule has 2 fully saturated rings. The molecule has 3 heterocycles. The first-order chi connectivity index (χ1) is 17.8. The molecule has 0 bridgehead atoms. The van der Waals surface area contributed by atoms with E-state index in [4.69, 9.17) is 0 Å². The first-order valence-corrected chi connectivity index (χ1v) is 12.3. The number of aliphatic carboxylic acids is 1. The fourth-order valence-electron chi connectivity index (χ4n) is 5.44. The minimum Gasteiger partial charge on any atom is -0.481 e. The van der Waals surface area contributed by atoms with Crippen LogP contribution in [-0.4, -0.2) is 45.8 Å². The first kappa shape index (κ1) is 24.9. The Morgan fingerprint density at radius 3 is 2.62 bits per heavy atom. The number of amides is 1. The molecule has 1 aliphatic heterocycles. The Hall–Kier alpha value is -3.76. The van der Waals surface area contributed by atoms with Crippen LogP contribution in [0.2, 0.25) is 0 Å². The normalized spacial score (nSPS) is 21.9. The summed E-state index contributed by atoms with van der Waals surface area (Å²) in [5, 5.41) is 16.5. The predicted molar refractivity (Wildman–Crippen MR) is 128 cm³/mol. The van der Waals surface area contributed by atoms with Crippen molar-refractivity contribution in [1.82, 2.24) is 14.9 Å². The van der Waals surface area contributed by atoms with Gasteiger partial charge in [0.2, 0.25) is 0 Å². The van der Waals surface area contributed by atoms with E-state index in [-0.39, 0.29) is 29.7 Å². The van der Waals surface area contributed by atoms with Crippen molar-refractivity contribution in [3.8, 4) is 5.75 Å². The number of carbonyl (C=O) groups excluding carboxylic acids is 1. The molecule has 1 aliphatic carbocycles. The third-order valence-electron chi connectivity index (χ3n) is 7.25. The van der Waals surface area contributed by atoms with E-state index < -0.39 is 18.4 Å². The quantitative estimate of drug-likeness (QED) is 0.469. The number of halogens is 3. The number of nitrogens with zero attached hydrogens (tertiary/aromatic N) is 3. The van der Waals surface area contributed by atoms with Gasteiger partial charge in [0.1, 0.15) is 11.6 Å². The lowest BCUT2D eigenvalue weighted by Gasteiger charge is -2.28. The maximum Gasteiger partial charge on any atom is 0.387 e. The summed E-state index contributed by atoms with van der Waals surface area (Å²) < 4.78 is 45.6. The van der Waals surface area contributed by atoms with Crippen LogP contribution in [0.3, 0.4) is 0 Å². The fourth-order valence-corrected chi connectivity index (χ4v) is 5.44. The van der Waals surface area contributed by atoms with Crippen molar-refractivity contribution in [2.45, 2.75) is 57.2 Å². The van der Waals surface area contributed by atoms with E-state index in [1.54, 1.807) is 10.7 Å². The van der Waals surface area contributed by atoms with E-state index in [2.05, 4.69) is 20.1 Å². The Morgan fingerprint density at radius 1 is 1.11 bits per heavy atom. The Morgan fingerprint density at radius 2 is 1.89 bits per heavy atom. The van der Waals surface area contributed by atoms with Crippen LogP contribution >= 0.6 is 0 Å². The molecule has 3 aromatic rings. The number of benzene rings is 1. The summed E-state index contributed by atoms with van der Waals surface area (Å²) in [5.74, 6) is -2.31. The molecule has 0 unspecified atom stereocenters. The molecule has 2 aromatic heterocycles. The zero-order chi connectivity index (χ0) is 26.1. The van der Waals surface area contributed by atoms with Gasteiger partial charge in [0.05, 0.1) is 29.2 Å². The maximum atomic E-state index is 14.2. The van der Waals surface area contributed by atoms with Crippen LogP contribution in [0.4, 0.5) is 18.9 Å². The Labute approximate surface area is 211 Å². The largest absolute Gasteiger partial charge is 0.481 e. The summed E-state index contributed by atoms with van der Waals surface area (Å²) in [6, 6.07) is 7.06. The third-order valence-corrected chi connectivity index (χ3v) is 7.25. The van der Waals surface area contributed by atoms with Crippen LogP contribution in [0.15, 0.2) is 42.7 Å². The minimum atomic E-state index is -3.05. The van der Waals surface area contributed by atoms with Crippen LogP contribution in [0.1, 0.15) is 60.5 Å². The summed E-state index contributed by atoms with van der Waals surface area (Å²) in [7, 11) is 0. The van der Waals surface area contributed by atoms with Gasteiger partial charge in [0.15, 0.2) is 0 Å². The molecule has 0 radical (unpaired) electrons. The molecular formula is C26H27F3N4O4. The predicted octanol–water partition coefficient (Wildman–Crippen LogP) is 4.79. The number of pyridine rings is 1. The molecule has 8 nitrogen and oxygen atoms in total. The number of ether oxygens (including phenoxy) is 1. The second kappa shape index (κ2) is 10.3. The van der Waals surface area contributed by atoms with Crippen LogP contribution in [0, 0.1) is 11.7 Å². The standard InChI is InChI=1S/C26H27F3N4O4/c27-17-10-16(11-20(12-17)37-26(28)29)22-2-1-8-32(22)19-7-9-33-23(13-19)21(14-30-33)24(34)31-18-5-3-15(4-6-18)25(35)36/h7,9-15,18,22,26H,1-6,8H2,(H,31,34)(H,35,36)/t15?,18?,22-/m1/s1. The van der Waals surface area contributed by atoms with Crippen molar-refractivity contribution < 1.29 is 32.6 Å². The van der Waals surface area contributed by atoms with Crippen molar-refractivity contribution >= 4 is 23.1 Å². The van der Waals surface area contributed by atoms with Gasteiger partial charge in [-0.2, -0.15) is 13.9 Å². The molecule has 5 rings (SSSR count). The topological polar surface area (TPSA) is 96.2 Å². The molecule has 1 aromatic carbocycles. The van der Waals surface area contributed by atoms with Crippen molar-refractivity contribution in [2.75, 3.05) is 11.4 Å². The number of aromatic nitrogens is 2. The molecule has 1 saturated carbocycles. The zero-order valence-corrected chi connectivity index (χ0v) is 19.9. The number of carboxylic acids is 1. The Balaban J connectivity index is 1.36. The first-order valence-electron chi connectivity index (χ1n) is 12.3. The summed E-state index contributed by atoms with van der Waals surface area (Å²) in [5.41, 5.74) is 2.33. The summed E-state index contributed by atoms with van der Waals surface area (Å²) >= 11 is 0. The number of anilines is 1. The highest BCUT2D eigenvalue weighted by atomic mass is 19.3. The molecule has 2 aliphatic rings. The van der Waals surface area contributed by atoms with E-state index in [1.165, 1.54) is 18.3 Å². The van der Waals surface area contributed by atoms with Gasteiger partial charge >= 0.3 is 12.6 Å². The lowest BCUT2D eigenvalue weighted by Crippen LogP contribution is -2.38. The molecule has 1 atom stereocenters. The van der Waals surface area contributed by atoms with Crippen molar-refractivity contribution in [2.24, 2.45) is 5.92 Å². The van der Waals surface area contributed by atoms with Crippen LogP contribution < -0.4 is 15.0 Å². The zero-order valence-electron chi connectivity index (χ0n) is 19.9. The molecule has 196 valence electrons. The lowest BCUT2D eigenvalue weighted by molar-refractivity contribution is -0.142. The molecule has 0 spiro atoms. The SMILES string of the molecule is O=C(NC1CCC(C(=O)O)CC1)c1cnn2ccc(N3CCC[C@@H]3c3cc(F)cc(OC(F)F)c3)cc12. The number of carbonyl (C=O) groups is 2. The summed E-state index contributed by atoms with van der Waals surface area (Å²) in [6.07, 6.45) is 7.03. The highest BCUT2D eigenvalue weighted by Gasteiger charge is 2.30. The third kappa shape index (κ3) is 5.35. The second-order valence-electron chi connectivity index (χ2n) is 9.58. The van der Waals surface area contributed by atoms with Gasteiger partial charge in [0.25, 0.3) is 5.91 Å². The average Bonchev–Trinajstić information content (AvgIpc) is 3.50. The van der Waals surface area contributed by atoms with Gasteiger partial charge in [-0.25, -0.2) is 8.91 Å². The van der Waals surface area contributed by atoms with Gasteiger partial charge in [-0.3, -0.25) is 9.59 Å². The van der Waals surface area contributed by atoms with Gasteiger partial charge in [-0.15, -0.1) is 0 Å². The summed E-state index contributed by atoms with van der Waals surface area (Å²) in [4.78, 5) is 26.3. The number of hydrogen-bond donors (Lipinski definition) is 2. The average molecular weight is 517 g/mol. The van der Waals surface area contributed by atoms with E-state index in [1.807, 2.05) is 12.1 Å². The minimum absolute atomic E-state index is 0.0955. The van der Waals surface area contributed by atoms with Crippen LogP contribution in [0.5, 0.6) is 5.75 Å². The highest BCUT2D eigenvalue weighted by Crippen LogP contribution is 2.38. The molecule has 11 heteroatoms. The molecule has 2 N–H and O–H groups in total. The van der Waals surface area contributed by atoms with Crippen molar-refractivity contribution in [1.29, 1.82) is 0 Å². The highest BCUT2D eigenvalue weighted by molar-refractivity contribution is 6.01. The van der Waals surface area contributed by atoms with Crippen LogP contribution in [-0.2, 0) is 4.79 Å². The smallest absolute Gasteiger partial charge is 0.387 e. The van der Waals surface area contributed by atoms with Gasteiger partial charge < -0.3 is 20.1 Å². The Bertz CT molecular complexity index is 1310. The van der Waals surface area contributed by atoms with Crippen LogP contribution in [0.25, 0.3) is 5.52 Å². The van der Waals surface area contributed by atoms with Crippen molar-refractivity contribution in [3.05, 3.63) is 59.7 Å². The molecule has 1 amide bonds. The van der Waals surface area contributed by atoms with Gasteiger partial charge in [0, 0.05) is 30.5 Å². The number of carboxylic acid groups (broad SMARTS) is 1. The molecule has 37 heavy (non-hydrogen) atoms. The van der Waals surface area contributed by atoms with Gasteiger partial charge in [-0.1, -0.05) is 0 Å². The maximum absolute atomic E-state index is 14.2. The number of nitrogens with one attached hydrogen (secondary N) is 1. The fraction of sp³-hybridized carbons (Fsp3) is 0.423. The number of fused-ring (bicyclic) bond motifs is 1. The van der Waals surface area contributed by atoms with E-state index in [0.717, 1.165) is 18.2 Å². The Kier molecular flexibility index (Phi) is 6.94. The number of alkyl halides is 2. The van der Waals surface area contributed by atoms with E-state index in [9.17, 15) is 27.9 Å². The monoisotopic (exact) mass is 516 g/mol. The van der Waals surface area contributed by atoms with Gasteiger partial charge in [-0.05, 0) is 68.4 Å². The number of rotatable bonds is 7.